The van der Waals surface area contributed by atoms with Crippen LogP contribution in [-0.2, 0) is 28.6 Å². The molecule has 0 aliphatic heterocycles. The Hall–Kier alpha value is -0.660. The van der Waals surface area contributed by atoms with Gasteiger partial charge >= 0.3 is 5.97 Å². The van der Waals surface area contributed by atoms with Crippen molar-refractivity contribution in [1.82, 2.24) is 0 Å². The molecule has 20 heavy (non-hydrogen) atoms. The van der Waals surface area contributed by atoms with Crippen molar-refractivity contribution < 1.29 is 26.9 Å². The van der Waals surface area contributed by atoms with Crippen molar-refractivity contribution >= 4 is 16.1 Å². The van der Waals surface area contributed by atoms with E-state index in [4.69, 9.17) is 13.7 Å². The lowest BCUT2D eigenvalue weighted by molar-refractivity contribution is -0.154. The van der Waals surface area contributed by atoms with Crippen LogP contribution >= 0.6 is 0 Å². The van der Waals surface area contributed by atoms with E-state index in [9.17, 15) is 13.2 Å². The number of methoxy groups -OCH3 is 1. The molecule has 0 saturated heterocycles. The van der Waals surface area contributed by atoms with Crippen LogP contribution in [0, 0.1) is 5.41 Å². The van der Waals surface area contributed by atoms with Gasteiger partial charge in [-0.05, 0) is 33.6 Å². The molecule has 0 aliphatic rings. The number of carbonyl (C=O) groups is 1. The molecule has 0 spiro atoms. The molecule has 1 unspecified atom stereocenters. The van der Waals surface area contributed by atoms with E-state index in [1.807, 2.05) is 6.92 Å². The molecule has 120 valence electrons. The standard InChI is InChI=1S/C13H26O6S/c1-6-13(3,4)12(14)18-8-7-9-20(15,16)19-11(2)10-17-5/h11H,6-10H2,1-5H3. The maximum atomic E-state index is 11.7. The van der Waals surface area contributed by atoms with Gasteiger partial charge in [-0.25, -0.2) is 0 Å². The van der Waals surface area contributed by atoms with Crippen LogP contribution in [-0.4, -0.2) is 46.6 Å². The number of ether oxygens (including phenoxy) is 2. The normalized spacial score (nSPS) is 14.1. The third kappa shape index (κ3) is 7.81. The second-order valence-electron chi connectivity index (χ2n) is 5.35. The molecule has 0 aromatic carbocycles. The molecule has 0 aliphatic carbocycles. The lowest BCUT2D eigenvalue weighted by Crippen LogP contribution is -2.27. The largest absolute Gasteiger partial charge is 0.465 e. The Bertz CT molecular complexity index is 388. The molecule has 0 bridgehead atoms. The zero-order valence-corrected chi connectivity index (χ0v) is 13.8. The fourth-order valence-corrected chi connectivity index (χ4v) is 2.42. The molecular formula is C13H26O6S. The first kappa shape index (κ1) is 19.3. The minimum absolute atomic E-state index is 0.0729. The van der Waals surface area contributed by atoms with Gasteiger partial charge in [0.2, 0.25) is 0 Å². The number of hydrogen-bond donors (Lipinski definition) is 0. The molecule has 0 aromatic rings. The van der Waals surface area contributed by atoms with Crippen LogP contribution in [0.2, 0.25) is 0 Å². The first-order valence-electron chi connectivity index (χ1n) is 6.71. The highest BCUT2D eigenvalue weighted by Crippen LogP contribution is 2.21. The zero-order chi connectivity index (χ0) is 15.8. The van der Waals surface area contributed by atoms with Gasteiger partial charge in [-0.2, -0.15) is 8.42 Å². The highest BCUT2D eigenvalue weighted by molar-refractivity contribution is 7.86. The summed E-state index contributed by atoms with van der Waals surface area (Å²) in [4.78, 5) is 11.7. The second-order valence-corrected chi connectivity index (χ2v) is 7.07. The van der Waals surface area contributed by atoms with Crippen LogP contribution in [0.25, 0.3) is 0 Å². The van der Waals surface area contributed by atoms with Crippen LogP contribution in [0.5, 0.6) is 0 Å². The minimum Gasteiger partial charge on any atom is -0.465 e. The molecule has 0 heterocycles. The Morgan fingerprint density at radius 2 is 1.90 bits per heavy atom. The topological polar surface area (TPSA) is 78.9 Å². The first-order valence-corrected chi connectivity index (χ1v) is 8.29. The van der Waals surface area contributed by atoms with E-state index in [1.54, 1.807) is 20.8 Å². The van der Waals surface area contributed by atoms with Crippen LogP contribution in [0.1, 0.15) is 40.5 Å². The Kier molecular flexibility index (Phi) is 8.30. The van der Waals surface area contributed by atoms with Crippen LogP contribution in [0.3, 0.4) is 0 Å². The molecule has 0 aromatic heterocycles. The minimum atomic E-state index is -3.61. The van der Waals surface area contributed by atoms with Gasteiger partial charge in [-0.1, -0.05) is 6.92 Å². The maximum Gasteiger partial charge on any atom is 0.311 e. The third-order valence-electron chi connectivity index (χ3n) is 2.92. The Labute approximate surface area is 121 Å². The summed E-state index contributed by atoms with van der Waals surface area (Å²) >= 11 is 0. The summed E-state index contributed by atoms with van der Waals surface area (Å²) in [6.07, 6.45) is 0.363. The van der Waals surface area contributed by atoms with Gasteiger partial charge in [-0.3, -0.25) is 8.98 Å². The number of esters is 1. The predicted octanol–water partition coefficient (Wildman–Crippen LogP) is 1.74. The summed E-state index contributed by atoms with van der Waals surface area (Å²) < 4.78 is 37.9. The molecule has 0 rings (SSSR count). The molecule has 0 fully saturated rings. The van der Waals surface area contributed by atoms with Gasteiger partial charge in [0.15, 0.2) is 0 Å². The van der Waals surface area contributed by atoms with E-state index >= 15 is 0 Å². The smallest absolute Gasteiger partial charge is 0.311 e. The van der Waals surface area contributed by atoms with Crippen molar-refractivity contribution in [1.29, 1.82) is 0 Å². The van der Waals surface area contributed by atoms with E-state index in [1.165, 1.54) is 7.11 Å². The molecule has 7 heteroatoms. The van der Waals surface area contributed by atoms with Gasteiger partial charge in [0.05, 0.1) is 30.5 Å². The zero-order valence-electron chi connectivity index (χ0n) is 13.0. The maximum absolute atomic E-state index is 11.7. The van der Waals surface area contributed by atoms with E-state index in [0.717, 1.165) is 0 Å². The van der Waals surface area contributed by atoms with E-state index in [-0.39, 0.29) is 31.4 Å². The Morgan fingerprint density at radius 1 is 1.30 bits per heavy atom. The van der Waals surface area contributed by atoms with Gasteiger partial charge < -0.3 is 9.47 Å². The molecule has 6 nitrogen and oxygen atoms in total. The lowest BCUT2D eigenvalue weighted by Gasteiger charge is -2.20. The van der Waals surface area contributed by atoms with E-state index < -0.39 is 21.6 Å². The average molecular weight is 310 g/mol. The van der Waals surface area contributed by atoms with Crippen molar-refractivity contribution in [3.63, 3.8) is 0 Å². The van der Waals surface area contributed by atoms with Crippen LogP contribution in [0.4, 0.5) is 0 Å². The molecule has 0 saturated carbocycles. The quantitative estimate of drug-likeness (QED) is 0.347. The summed E-state index contributed by atoms with van der Waals surface area (Å²) in [7, 11) is -2.14. The van der Waals surface area contributed by atoms with Crippen molar-refractivity contribution in [2.24, 2.45) is 5.41 Å². The van der Waals surface area contributed by atoms with Crippen molar-refractivity contribution in [3.8, 4) is 0 Å². The summed E-state index contributed by atoms with van der Waals surface area (Å²) in [5, 5.41) is 0. The lowest BCUT2D eigenvalue weighted by atomic mass is 9.91. The second kappa shape index (κ2) is 8.59. The Morgan fingerprint density at radius 3 is 2.40 bits per heavy atom. The Balaban J connectivity index is 4.03. The number of carbonyl (C=O) groups excluding carboxylic acids is 1. The third-order valence-corrected chi connectivity index (χ3v) is 4.33. The average Bonchev–Trinajstić information content (AvgIpc) is 2.33. The summed E-state index contributed by atoms with van der Waals surface area (Å²) in [6.45, 7) is 7.38. The highest BCUT2D eigenvalue weighted by Gasteiger charge is 2.27. The molecular weight excluding hydrogens is 284 g/mol. The van der Waals surface area contributed by atoms with Crippen molar-refractivity contribution in [3.05, 3.63) is 0 Å². The SMILES string of the molecule is CCC(C)(C)C(=O)OCCCS(=O)(=O)OC(C)COC. The number of hydrogen-bond acceptors (Lipinski definition) is 6. The first-order chi connectivity index (χ1) is 9.14. The van der Waals surface area contributed by atoms with Gasteiger partial charge in [0.1, 0.15) is 0 Å². The van der Waals surface area contributed by atoms with E-state index in [0.29, 0.717) is 6.42 Å². The van der Waals surface area contributed by atoms with E-state index in [2.05, 4.69) is 0 Å². The van der Waals surface area contributed by atoms with Crippen molar-refractivity contribution in [2.45, 2.75) is 46.6 Å². The molecule has 1 atom stereocenters. The van der Waals surface area contributed by atoms with Gasteiger partial charge in [-0.15, -0.1) is 0 Å². The van der Waals surface area contributed by atoms with Gasteiger partial charge in [0, 0.05) is 7.11 Å². The molecule has 0 radical (unpaired) electrons. The van der Waals surface area contributed by atoms with Crippen LogP contribution < -0.4 is 0 Å². The monoisotopic (exact) mass is 310 g/mol. The summed E-state index contributed by atoms with van der Waals surface area (Å²) in [5.74, 6) is -0.494. The fraction of sp³-hybridized carbons (Fsp3) is 0.923. The highest BCUT2D eigenvalue weighted by atomic mass is 32.2. The number of rotatable bonds is 10. The molecule has 0 N–H and O–H groups in total. The van der Waals surface area contributed by atoms with Crippen molar-refractivity contribution in [2.75, 3.05) is 26.1 Å². The summed E-state index contributed by atoms with van der Waals surface area (Å²) in [5.41, 5.74) is -0.539. The molecule has 0 amide bonds. The summed E-state index contributed by atoms with van der Waals surface area (Å²) in [6, 6.07) is 0. The fourth-order valence-electron chi connectivity index (χ4n) is 1.30. The predicted molar refractivity (Wildman–Crippen MR) is 75.9 cm³/mol. The van der Waals surface area contributed by atoms with Crippen LogP contribution in [0.15, 0.2) is 0 Å². The van der Waals surface area contributed by atoms with Gasteiger partial charge in [0.25, 0.3) is 10.1 Å².